The third kappa shape index (κ3) is 2.20. The molecule has 0 radical (unpaired) electrons. The maximum Gasteiger partial charge on any atom is 0.333 e. The summed E-state index contributed by atoms with van der Waals surface area (Å²) in [7, 11) is 0. The van der Waals surface area contributed by atoms with Gasteiger partial charge in [-0.2, -0.15) is 0 Å². The zero-order chi connectivity index (χ0) is 10.9. The molecule has 7 heteroatoms. The van der Waals surface area contributed by atoms with Gasteiger partial charge in [0, 0.05) is 11.8 Å². The molecule has 4 nitrogen and oxygen atoms in total. The fourth-order valence-electron chi connectivity index (χ4n) is 0.804. The maximum absolute atomic E-state index is 11.2. The van der Waals surface area contributed by atoms with Gasteiger partial charge in [-0.05, 0) is 6.92 Å². The molecule has 0 bridgehead atoms. The van der Waals surface area contributed by atoms with Crippen LogP contribution >= 0.6 is 34.8 Å². The van der Waals surface area contributed by atoms with Crippen LogP contribution in [-0.4, -0.2) is 9.55 Å². The van der Waals surface area contributed by atoms with Gasteiger partial charge in [0.25, 0.3) is 5.56 Å². The third-order valence-corrected chi connectivity index (χ3v) is 2.41. The molecule has 1 aromatic rings. The molecule has 76 valence electrons. The highest BCUT2D eigenvalue weighted by molar-refractivity contribution is 6.65. The molecule has 0 unspecified atom stereocenters. The molecule has 0 aliphatic rings. The van der Waals surface area contributed by atoms with Gasteiger partial charge in [-0.3, -0.25) is 14.3 Å². The van der Waals surface area contributed by atoms with E-state index in [1.807, 2.05) is 0 Å². The van der Waals surface area contributed by atoms with Gasteiger partial charge < -0.3 is 0 Å². The summed E-state index contributed by atoms with van der Waals surface area (Å²) in [4.78, 5) is 24.3. The Morgan fingerprint density at radius 3 is 2.43 bits per heavy atom. The van der Waals surface area contributed by atoms with Crippen LogP contribution in [0.5, 0.6) is 0 Å². The molecule has 1 heterocycles. The van der Waals surface area contributed by atoms with Crippen molar-refractivity contribution in [3.8, 4) is 0 Å². The zero-order valence-corrected chi connectivity index (χ0v) is 9.24. The largest absolute Gasteiger partial charge is 0.333 e. The zero-order valence-electron chi connectivity index (χ0n) is 6.97. The molecule has 1 aromatic heterocycles. The predicted octanol–water partition coefficient (Wildman–Crippen LogP) is 1.65. The number of aromatic nitrogens is 2. The van der Waals surface area contributed by atoms with E-state index in [1.165, 1.54) is 13.1 Å². The van der Waals surface area contributed by atoms with Crippen LogP contribution in [0.4, 0.5) is 0 Å². The lowest BCUT2D eigenvalue weighted by Gasteiger charge is -2.03. The number of aryl methyl sites for hydroxylation is 1. The van der Waals surface area contributed by atoms with E-state index < -0.39 is 11.2 Å². The van der Waals surface area contributed by atoms with Crippen molar-refractivity contribution in [2.75, 3.05) is 0 Å². The van der Waals surface area contributed by atoms with Gasteiger partial charge in [0.05, 0.1) is 0 Å². The predicted molar refractivity (Wildman–Crippen MR) is 56.8 cm³/mol. The Kier molecular flexibility index (Phi) is 3.42. The minimum Gasteiger partial charge on any atom is -0.273 e. The smallest absolute Gasteiger partial charge is 0.273 e. The number of nitrogens with zero attached hydrogens (tertiary/aromatic N) is 1. The minimum atomic E-state index is -0.690. The summed E-state index contributed by atoms with van der Waals surface area (Å²) < 4.78 is 0.702. The van der Waals surface area contributed by atoms with Crippen molar-refractivity contribution >= 4 is 40.0 Å². The van der Waals surface area contributed by atoms with Crippen molar-refractivity contribution in [2.24, 2.45) is 0 Å². The van der Waals surface area contributed by atoms with E-state index in [2.05, 4.69) is 4.98 Å². The summed E-state index contributed by atoms with van der Waals surface area (Å²) >= 11 is 16.4. The number of rotatable bonds is 1. The Morgan fingerprint density at radius 1 is 1.36 bits per heavy atom. The number of hydrogen-bond donors (Lipinski definition) is 1. The molecule has 0 atom stereocenters. The SMILES string of the molecule is Cc1cn(C(Cl)=C(Cl)Cl)c(=O)[nH]c1=O. The highest BCUT2D eigenvalue weighted by atomic mass is 35.5. The van der Waals surface area contributed by atoms with Gasteiger partial charge in [0.1, 0.15) is 9.65 Å². The fraction of sp³-hybridized carbons (Fsp3) is 0.143. The number of halogens is 3. The van der Waals surface area contributed by atoms with E-state index in [1.54, 1.807) is 0 Å². The molecule has 0 fully saturated rings. The number of nitrogens with one attached hydrogen (secondary N) is 1. The minimum absolute atomic E-state index is 0.155. The van der Waals surface area contributed by atoms with E-state index in [4.69, 9.17) is 34.8 Å². The van der Waals surface area contributed by atoms with Crippen LogP contribution in [0.15, 0.2) is 20.3 Å². The number of aromatic amines is 1. The topological polar surface area (TPSA) is 54.9 Å². The average molecular weight is 255 g/mol. The Morgan fingerprint density at radius 2 is 1.93 bits per heavy atom. The van der Waals surface area contributed by atoms with Crippen LogP contribution < -0.4 is 11.2 Å². The van der Waals surface area contributed by atoms with Gasteiger partial charge >= 0.3 is 5.69 Å². The summed E-state index contributed by atoms with van der Waals surface area (Å²) in [6.45, 7) is 1.53. The van der Waals surface area contributed by atoms with Gasteiger partial charge in [0.2, 0.25) is 0 Å². The van der Waals surface area contributed by atoms with Crippen LogP contribution in [0.2, 0.25) is 0 Å². The second-order valence-electron chi connectivity index (χ2n) is 2.49. The quantitative estimate of drug-likeness (QED) is 0.829. The molecule has 0 spiro atoms. The van der Waals surface area contributed by atoms with Crippen molar-refractivity contribution < 1.29 is 0 Å². The van der Waals surface area contributed by atoms with E-state index in [0.717, 1.165) is 4.57 Å². The molecule has 0 amide bonds. The summed E-state index contributed by atoms with van der Waals surface area (Å²) in [5, 5.41) is -0.155. The summed E-state index contributed by atoms with van der Waals surface area (Å²) in [5.41, 5.74) is -0.830. The Balaban J connectivity index is 3.53. The molecule has 14 heavy (non-hydrogen) atoms. The molecule has 1 rings (SSSR count). The first-order valence-electron chi connectivity index (χ1n) is 3.47. The Labute approximate surface area is 93.7 Å². The fourth-order valence-corrected chi connectivity index (χ4v) is 1.11. The van der Waals surface area contributed by atoms with Crippen molar-refractivity contribution in [3.05, 3.63) is 37.1 Å². The summed E-state index contributed by atoms with van der Waals surface area (Å²) in [6, 6.07) is 0. The van der Waals surface area contributed by atoms with Crippen molar-refractivity contribution in [2.45, 2.75) is 6.92 Å². The highest BCUT2D eigenvalue weighted by Crippen LogP contribution is 2.20. The molecule has 0 aliphatic heterocycles. The first kappa shape index (κ1) is 11.4. The summed E-state index contributed by atoms with van der Waals surface area (Å²) in [5.74, 6) is 0. The normalized spacial score (nSPS) is 10.0. The van der Waals surface area contributed by atoms with E-state index in [-0.39, 0.29) is 9.65 Å². The molecule has 0 aliphatic carbocycles. The molecule has 0 aromatic carbocycles. The first-order chi connectivity index (χ1) is 6.43. The second-order valence-corrected chi connectivity index (χ2v) is 3.80. The van der Waals surface area contributed by atoms with Gasteiger partial charge in [0.15, 0.2) is 0 Å². The Hall–Kier alpha value is -0.710. The van der Waals surface area contributed by atoms with E-state index >= 15 is 0 Å². The highest BCUT2D eigenvalue weighted by Gasteiger charge is 2.06. The molecule has 0 saturated heterocycles. The van der Waals surface area contributed by atoms with Gasteiger partial charge in [-0.25, -0.2) is 4.79 Å². The lowest BCUT2D eigenvalue weighted by atomic mass is 10.4. The van der Waals surface area contributed by atoms with E-state index in [0.29, 0.717) is 5.56 Å². The number of hydrogen-bond acceptors (Lipinski definition) is 2. The first-order valence-corrected chi connectivity index (χ1v) is 4.60. The second kappa shape index (κ2) is 4.21. The maximum atomic E-state index is 11.2. The standard InChI is InChI=1S/C7H5Cl3N2O2/c1-3-2-12(5(10)4(8)9)7(14)11-6(3)13/h2H,1H3,(H,11,13,14). The monoisotopic (exact) mass is 254 g/mol. The lowest BCUT2D eigenvalue weighted by Crippen LogP contribution is -2.29. The third-order valence-electron chi connectivity index (χ3n) is 1.49. The average Bonchev–Trinajstić information content (AvgIpc) is 2.10. The van der Waals surface area contributed by atoms with Gasteiger partial charge in [-0.15, -0.1) is 0 Å². The van der Waals surface area contributed by atoms with Crippen molar-refractivity contribution in [1.29, 1.82) is 0 Å². The van der Waals surface area contributed by atoms with Crippen molar-refractivity contribution in [1.82, 2.24) is 9.55 Å². The van der Waals surface area contributed by atoms with Crippen LogP contribution in [0.3, 0.4) is 0 Å². The number of H-pyrrole nitrogens is 1. The summed E-state index contributed by atoms with van der Waals surface area (Å²) in [6.07, 6.45) is 1.26. The molecular formula is C7H5Cl3N2O2. The van der Waals surface area contributed by atoms with Crippen LogP contribution in [-0.2, 0) is 0 Å². The Bertz CT molecular complexity index is 496. The van der Waals surface area contributed by atoms with Crippen LogP contribution in [0.1, 0.15) is 5.56 Å². The van der Waals surface area contributed by atoms with Crippen LogP contribution in [0, 0.1) is 6.92 Å². The lowest BCUT2D eigenvalue weighted by molar-refractivity contribution is 0.910. The van der Waals surface area contributed by atoms with Crippen LogP contribution in [0.25, 0.3) is 5.16 Å². The molecule has 0 saturated carbocycles. The van der Waals surface area contributed by atoms with Gasteiger partial charge in [-0.1, -0.05) is 34.8 Å². The van der Waals surface area contributed by atoms with Crippen molar-refractivity contribution in [3.63, 3.8) is 0 Å². The molecule has 1 N–H and O–H groups in total. The van der Waals surface area contributed by atoms with E-state index in [9.17, 15) is 9.59 Å². The molecular weight excluding hydrogens is 250 g/mol.